The molecule has 0 spiro atoms. The molecule has 1 aliphatic rings. The van der Waals surface area contributed by atoms with E-state index in [2.05, 4.69) is 23.0 Å². The molecule has 1 unspecified atom stereocenters. The maximum absolute atomic E-state index is 10.3. The summed E-state index contributed by atoms with van der Waals surface area (Å²) in [6.07, 6.45) is 6.41. The molecule has 1 atom stereocenters. The van der Waals surface area contributed by atoms with Crippen LogP contribution in [-0.4, -0.2) is 44.8 Å². The highest BCUT2D eigenvalue weighted by Crippen LogP contribution is 2.29. The fourth-order valence-electron chi connectivity index (χ4n) is 2.61. The molecule has 6 nitrogen and oxygen atoms in total. The van der Waals surface area contributed by atoms with Crippen LogP contribution in [0.2, 0.25) is 0 Å². The van der Waals surface area contributed by atoms with Gasteiger partial charge in [0.2, 0.25) is 0 Å². The summed E-state index contributed by atoms with van der Waals surface area (Å²) < 4.78 is 0. The molecule has 1 aromatic carbocycles. The van der Waals surface area contributed by atoms with Crippen LogP contribution in [0.15, 0.2) is 42.7 Å². The van der Waals surface area contributed by atoms with Gasteiger partial charge < -0.3 is 15.3 Å². The Bertz CT molecular complexity index is 661. The normalized spacial score (nSPS) is 17.3. The van der Waals surface area contributed by atoms with E-state index in [1.54, 1.807) is 0 Å². The van der Waals surface area contributed by atoms with Crippen LogP contribution in [0.3, 0.4) is 0 Å². The van der Waals surface area contributed by atoms with Crippen LogP contribution in [0.5, 0.6) is 11.5 Å². The topological polar surface area (TPSA) is 93.9 Å². The monoisotopic (exact) mass is 316 g/mol. The van der Waals surface area contributed by atoms with E-state index in [0.29, 0.717) is 6.04 Å². The number of carboxylic acids is 1. The fraction of sp³-hybridized carbons (Fsp3) is 0.294. The second-order valence-electron chi connectivity index (χ2n) is 5.40. The van der Waals surface area contributed by atoms with E-state index in [9.17, 15) is 4.79 Å². The minimum atomic E-state index is -1.27. The van der Waals surface area contributed by atoms with Crippen molar-refractivity contribution in [1.82, 2.24) is 9.88 Å². The van der Waals surface area contributed by atoms with Gasteiger partial charge in [0.05, 0.1) is 0 Å². The fourth-order valence-corrected chi connectivity index (χ4v) is 2.61. The molecule has 0 bridgehead atoms. The maximum atomic E-state index is 10.3. The number of para-hydroxylation sites is 1. The number of rotatable bonds is 2. The number of nitrogens with zero attached hydrogens (tertiary/aromatic N) is 2. The summed E-state index contributed by atoms with van der Waals surface area (Å²) in [6.45, 7) is 1.22. The van der Waals surface area contributed by atoms with Crippen LogP contribution >= 0.6 is 0 Å². The zero-order chi connectivity index (χ0) is 16.8. The molecule has 0 aliphatic carbocycles. The quantitative estimate of drug-likeness (QED) is 0.737. The van der Waals surface area contributed by atoms with E-state index >= 15 is 0 Å². The number of hydrogen-bond donors (Lipinski definition) is 3. The number of pyridine rings is 1. The van der Waals surface area contributed by atoms with Gasteiger partial charge in [0.1, 0.15) is 5.56 Å². The lowest BCUT2D eigenvalue weighted by Gasteiger charge is -2.18. The Kier molecular flexibility index (Phi) is 5.54. The van der Waals surface area contributed by atoms with Crippen molar-refractivity contribution in [3.8, 4) is 11.5 Å². The minimum Gasteiger partial charge on any atom is -0.504 e. The Hall–Kier alpha value is -2.60. The molecule has 0 saturated carbocycles. The number of aromatic nitrogens is 1. The molecule has 6 heteroatoms. The number of aromatic carboxylic acids is 1. The average Bonchev–Trinajstić information content (AvgIpc) is 2.97. The number of benzene rings is 1. The van der Waals surface area contributed by atoms with Gasteiger partial charge in [-0.25, -0.2) is 4.79 Å². The Balaban J connectivity index is 0.000000168. The standard InChI is InChI=1S/C10H14N2.C7H6O4/c1-12-7-3-5-10(12)9-4-2-6-11-8-9;8-5-3-1-2-4(6(5)9)7(10)11/h2,4,6,8,10H,3,5,7H2,1H3;1-3,8-9H,(H,10,11). The van der Waals surface area contributed by atoms with Gasteiger partial charge in [0, 0.05) is 18.4 Å². The third-order valence-corrected chi connectivity index (χ3v) is 3.83. The van der Waals surface area contributed by atoms with Gasteiger partial charge in [0.15, 0.2) is 11.5 Å². The highest BCUT2D eigenvalue weighted by molar-refractivity contribution is 5.91. The predicted octanol–water partition coefficient (Wildman–Crippen LogP) is 2.64. The first kappa shape index (κ1) is 16.8. The first-order valence-electron chi connectivity index (χ1n) is 7.35. The lowest BCUT2D eigenvalue weighted by molar-refractivity contribution is 0.0693. The number of phenols is 2. The van der Waals surface area contributed by atoms with Crippen LogP contribution in [-0.2, 0) is 0 Å². The molecule has 0 radical (unpaired) electrons. The van der Waals surface area contributed by atoms with Gasteiger partial charge in [-0.05, 0) is 50.2 Å². The molecule has 0 amide bonds. The highest BCUT2D eigenvalue weighted by atomic mass is 16.4. The van der Waals surface area contributed by atoms with Crippen molar-refractivity contribution < 1.29 is 20.1 Å². The van der Waals surface area contributed by atoms with Gasteiger partial charge >= 0.3 is 5.97 Å². The summed E-state index contributed by atoms with van der Waals surface area (Å²) in [5.41, 5.74) is 1.06. The highest BCUT2D eigenvalue weighted by Gasteiger charge is 2.21. The number of phenolic OH excluding ortho intramolecular Hbond substituents is 1. The molecule has 3 rings (SSSR count). The van der Waals surface area contributed by atoms with E-state index in [-0.39, 0.29) is 5.56 Å². The minimum absolute atomic E-state index is 0.301. The second kappa shape index (κ2) is 7.60. The molecule has 23 heavy (non-hydrogen) atoms. The molecule has 1 fully saturated rings. The van der Waals surface area contributed by atoms with Gasteiger partial charge in [-0.2, -0.15) is 0 Å². The number of carboxylic acid groups (broad SMARTS) is 1. The van der Waals surface area contributed by atoms with E-state index in [1.807, 2.05) is 18.5 Å². The van der Waals surface area contributed by atoms with Crippen molar-refractivity contribution in [1.29, 1.82) is 0 Å². The third kappa shape index (κ3) is 4.20. The first-order valence-corrected chi connectivity index (χ1v) is 7.35. The van der Waals surface area contributed by atoms with Crippen molar-refractivity contribution >= 4 is 5.97 Å². The summed E-state index contributed by atoms with van der Waals surface area (Å²) in [5, 5.41) is 26.2. The summed E-state index contributed by atoms with van der Waals surface area (Å²) in [6, 6.07) is 8.55. The Morgan fingerprint density at radius 3 is 2.57 bits per heavy atom. The van der Waals surface area contributed by atoms with Crippen molar-refractivity contribution in [2.45, 2.75) is 18.9 Å². The second-order valence-corrected chi connectivity index (χ2v) is 5.40. The Morgan fingerprint density at radius 2 is 2.04 bits per heavy atom. The molecular weight excluding hydrogens is 296 g/mol. The summed E-state index contributed by atoms with van der Waals surface area (Å²) >= 11 is 0. The van der Waals surface area contributed by atoms with Crippen LogP contribution in [0, 0.1) is 0 Å². The zero-order valence-electron chi connectivity index (χ0n) is 12.9. The van der Waals surface area contributed by atoms with Crippen molar-refractivity contribution in [2.75, 3.05) is 13.6 Å². The van der Waals surface area contributed by atoms with Gasteiger partial charge in [-0.3, -0.25) is 9.88 Å². The van der Waals surface area contributed by atoms with E-state index in [0.717, 1.165) is 0 Å². The lowest BCUT2D eigenvalue weighted by Crippen LogP contribution is -2.17. The first-order chi connectivity index (χ1) is 11.0. The predicted molar refractivity (Wildman–Crippen MR) is 85.6 cm³/mol. The Morgan fingerprint density at radius 1 is 1.26 bits per heavy atom. The summed E-state index contributed by atoms with van der Waals surface area (Å²) in [4.78, 5) is 16.8. The molecule has 3 N–H and O–H groups in total. The summed E-state index contributed by atoms with van der Waals surface area (Å²) in [5.74, 6) is -2.29. The maximum Gasteiger partial charge on any atom is 0.339 e. The molecule has 1 saturated heterocycles. The van der Waals surface area contributed by atoms with Crippen LogP contribution in [0.25, 0.3) is 0 Å². The van der Waals surface area contributed by atoms with Crippen molar-refractivity contribution in [2.24, 2.45) is 0 Å². The van der Waals surface area contributed by atoms with Crippen LogP contribution in [0.1, 0.15) is 34.8 Å². The summed E-state index contributed by atoms with van der Waals surface area (Å²) in [7, 11) is 2.19. The van der Waals surface area contributed by atoms with E-state index < -0.39 is 17.5 Å². The molecule has 1 aliphatic heterocycles. The zero-order valence-corrected chi connectivity index (χ0v) is 12.9. The number of likely N-dealkylation sites (tertiary alicyclic amines) is 1. The average molecular weight is 316 g/mol. The molecule has 122 valence electrons. The van der Waals surface area contributed by atoms with Crippen molar-refractivity contribution in [3.63, 3.8) is 0 Å². The number of hydrogen-bond acceptors (Lipinski definition) is 5. The van der Waals surface area contributed by atoms with Crippen LogP contribution < -0.4 is 0 Å². The van der Waals surface area contributed by atoms with Gasteiger partial charge in [-0.1, -0.05) is 12.1 Å². The van der Waals surface area contributed by atoms with Gasteiger partial charge in [0.25, 0.3) is 0 Å². The smallest absolute Gasteiger partial charge is 0.339 e. The molecule has 1 aromatic heterocycles. The lowest BCUT2D eigenvalue weighted by atomic mass is 10.1. The largest absolute Gasteiger partial charge is 0.504 e. The number of carbonyl (C=O) groups is 1. The SMILES string of the molecule is CN1CCCC1c1cccnc1.O=C(O)c1cccc(O)c1O. The molecular formula is C17H20N2O4. The van der Waals surface area contributed by atoms with E-state index in [4.69, 9.17) is 15.3 Å². The number of aromatic hydroxyl groups is 2. The Labute approximate surface area is 134 Å². The van der Waals surface area contributed by atoms with Crippen molar-refractivity contribution in [3.05, 3.63) is 53.9 Å². The van der Waals surface area contributed by atoms with Gasteiger partial charge in [-0.15, -0.1) is 0 Å². The van der Waals surface area contributed by atoms with Crippen LogP contribution in [0.4, 0.5) is 0 Å². The third-order valence-electron chi connectivity index (χ3n) is 3.83. The molecule has 2 aromatic rings. The molecule has 2 heterocycles. The van der Waals surface area contributed by atoms with E-state index in [1.165, 1.54) is 43.1 Å².